The van der Waals surface area contributed by atoms with E-state index in [1.54, 1.807) is 16.6 Å². The first kappa shape index (κ1) is 14.6. The quantitative estimate of drug-likeness (QED) is 0.747. The molecule has 6 nitrogen and oxygen atoms in total. The Morgan fingerprint density at radius 3 is 2.74 bits per heavy atom. The zero-order valence-corrected chi connectivity index (χ0v) is 13.0. The molecular formula is C15H15FN4O2S. The summed E-state index contributed by atoms with van der Waals surface area (Å²) in [5, 5.41) is 17.8. The van der Waals surface area contributed by atoms with Crippen molar-refractivity contribution < 1.29 is 14.2 Å². The molecule has 1 saturated heterocycles. The Morgan fingerprint density at radius 1 is 1.35 bits per heavy atom. The maximum Gasteiger partial charge on any atom is 0.214 e. The number of nitrogens with zero attached hydrogens (tertiary/aromatic N) is 3. The van der Waals surface area contributed by atoms with E-state index in [1.165, 1.54) is 23.5 Å². The minimum absolute atomic E-state index is 0.0945. The van der Waals surface area contributed by atoms with Crippen molar-refractivity contribution in [1.82, 2.24) is 14.6 Å². The van der Waals surface area contributed by atoms with Crippen LogP contribution in [0.1, 0.15) is 0 Å². The van der Waals surface area contributed by atoms with Crippen LogP contribution in [0.5, 0.6) is 0 Å². The molecular weight excluding hydrogens is 319 g/mol. The standard InChI is InChI=1S/C15H15FN4O2S/c16-11-3-1-10(2-4-11)12-5-20-14(18-12)23-13(19-20)17-6-15(7-21)8-22-9-15/h1-5,21H,6-9H2,(H,17,19). The summed E-state index contributed by atoms with van der Waals surface area (Å²) >= 11 is 1.43. The van der Waals surface area contributed by atoms with E-state index in [2.05, 4.69) is 15.4 Å². The van der Waals surface area contributed by atoms with Gasteiger partial charge in [0.1, 0.15) is 5.82 Å². The van der Waals surface area contributed by atoms with Gasteiger partial charge in [-0.2, -0.15) is 0 Å². The number of aliphatic hydroxyl groups excluding tert-OH is 1. The second-order valence-electron chi connectivity index (χ2n) is 5.77. The summed E-state index contributed by atoms with van der Waals surface area (Å²) in [6, 6.07) is 6.22. The number of aliphatic hydroxyl groups is 1. The molecule has 3 aromatic rings. The van der Waals surface area contributed by atoms with Gasteiger partial charge in [0.15, 0.2) is 0 Å². The summed E-state index contributed by atoms with van der Waals surface area (Å²) in [6.45, 7) is 1.84. The van der Waals surface area contributed by atoms with Crippen LogP contribution in [0.4, 0.5) is 9.52 Å². The molecule has 1 aliphatic heterocycles. The summed E-state index contributed by atoms with van der Waals surface area (Å²) in [4.78, 5) is 5.27. The molecule has 1 aromatic carbocycles. The number of hydrogen-bond acceptors (Lipinski definition) is 6. The first-order chi connectivity index (χ1) is 11.2. The molecule has 0 spiro atoms. The number of imidazole rings is 1. The number of anilines is 1. The molecule has 23 heavy (non-hydrogen) atoms. The number of ether oxygens (including phenoxy) is 1. The summed E-state index contributed by atoms with van der Waals surface area (Å²) < 4.78 is 19.8. The molecule has 0 radical (unpaired) electrons. The highest BCUT2D eigenvalue weighted by atomic mass is 32.1. The van der Waals surface area contributed by atoms with Crippen LogP contribution in [0.15, 0.2) is 30.5 Å². The van der Waals surface area contributed by atoms with Gasteiger partial charge in [-0.1, -0.05) is 11.3 Å². The molecule has 4 rings (SSSR count). The number of nitrogens with one attached hydrogen (secondary N) is 1. The van der Waals surface area contributed by atoms with Gasteiger partial charge in [0.25, 0.3) is 0 Å². The number of aromatic nitrogens is 3. The third-order valence-electron chi connectivity index (χ3n) is 3.95. The Kier molecular flexibility index (Phi) is 3.51. The van der Waals surface area contributed by atoms with E-state index >= 15 is 0 Å². The maximum absolute atomic E-state index is 13.0. The molecule has 2 aromatic heterocycles. The largest absolute Gasteiger partial charge is 0.396 e. The fourth-order valence-electron chi connectivity index (χ4n) is 2.43. The first-order valence-electron chi connectivity index (χ1n) is 7.22. The smallest absolute Gasteiger partial charge is 0.214 e. The minimum Gasteiger partial charge on any atom is -0.396 e. The van der Waals surface area contributed by atoms with Crippen molar-refractivity contribution in [2.75, 3.05) is 31.7 Å². The molecule has 0 aliphatic carbocycles. The van der Waals surface area contributed by atoms with Gasteiger partial charge in [0.05, 0.1) is 37.1 Å². The SMILES string of the molecule is OCC1(CNc2nn3cc(-c4ccc(F)cc4)nc3s2)COC1. The molecule has 3 heterocycles. The molecule has 0 saturated carbocycles. The topological polar surface area (TPSA) is 71.7 Å². The molecule has 0 atom stereocenters. The van der Waals surface area contributed by atoms with E-state index < -0.39 is 0 Å². The van der Waals surface area contributed by atoms with E-state index in [4.69, 9.17) is 4.74 Å². The molecule has 1 aliphatic rings. The van der Waals surface area contributed by atoms with E-state index in [-0.39, 0.29) is 17.8 Å². The van der Waals surface area contributed by atoms with Crippen LogP contribution < -0.4 is 5.32 Å². The van der Waals surface area contributed by atoms with Crippen LogP contribution >= 0.6 is 11.3 Å². The Balaban J connectivity index is 1.51. The molecule has 0 bridgehead atoms. The molecule has 2 N–H and O–H groups in total. The number of hydrogen-bond donors (Lipinski definition) is 2. The Hall–Kier alpha value is -2.03. The predicted molar refractivity (Wildman–Crippen MR) is 85.1 cm³/mol. The monoisotopic (exact) mass is 334 g/mol. The van der Waals surface area contributed by atoms with Crippen LogP contribution in [0, 0.1) is 11.2 Å². The first-order valence-corrected chi connectivity index (χ1v) is 8.04. The summed E-state index contributed by atoms with van der Waals surface area (Å²) in [6.07, 6.45) is 1.82. The average Bonchev–Trinajstić information content (AvgIpc) is 3.06. The summed E-state index contributed by atoms with van der Waals surface area (Å²) in [7, 11) is 0. The third kappa shape index (κ3) is 2.69. The van der Waals surface area contributed by atoms with E-state index in [0.717, 1.165) is 21.3 Å². The number of halogens is 1. The van der Waals surface area contributed by atoms with Gasteiger partial charge in [-0.15, -0.1) is 5.10 Å². The zero-order valence-electron chi connectivity index (χ0n) is 12.2. The second kappa shape index (κ2) is 5.55. The lowest BCUT2D eigenvalue weighted by Crippen LogP contribution is -2.50. The maximum atomic E-state index is 13.0. The van der Waals surface area contributed by atoms with Gasteiger partial charge in [-0.25, -0.2) is 13.9 Å². The van der Waals surface area contributed by atoms with Crippen molar-refractivity contribution in [2.24, 2.45) is 5.41 Å². The molecule has 120 valence electrons. The highest BCUT2D eigenvalue weighted by molar-refractivity contribution is 7.20. The zero-order chi connectivity index (χ0) is 15.9. The highest BCUT2D eigenvalue weighted by Gasteiger charge is 2.38. The predicted octanol–water partition coefficient (Wildman–Crippen LogP) is 2.02. The van der Waals surface area contributed by atoms with Crippen LogP contribution in [0.2, 0.25) is 0 Å². The molecule has 1 fully saturated rings. The van der Waals surface area contributed by atoms with E-state index in [0.29, 0.717) is 19.8 Å². The van der Waals surface area contributed by atoms with Gasteiger partial charge in [0.2, 0.25) is 10.1 Å². The van der Waals surface area contributed by atoms with Crippen LogP contribution in [0.3, 0.4) is 0 Å². The van der Waals surface area contributed by atoms with Crippen molar-refractivity contribution in [1.29, 1.82) is 0 Å². The molecule has 8 heteroatoms. The third-order valence-corrected chi connectivity index (χ3v) is 4.83. The normalized spacial score (nSPS) is 16.4. The fourth-order valence-corrected chi connectivity index (χ4v) is 3.21. The number of rotatable bonds is 5. The lowest BCUT2D eigenvalue weighted by Gasteiger charge is -2.39. The van der Waals surface area contributed by atoms with Crippen molar-refractivity contribution in [3.63, 3.8) is 0 Å². The van der Waals surface area contributed by atoms with Gasteiger partial charge < -0.3 is 15.2 Å². The van der Waals surface area contributed by atoms with Crippen molar-refractivity contribution in [2.45, 2.75) is 0 Å². The Morgan fingerprint density at radius 2 is 2.13 bits per heavy atom. The van der Waals surface area contributed by atoms with Crippen molar-refractivity contribution >= 4 is 21.4 Å². The van der Waals surface area contributed by atoms with Gasteiger partial charge in [0, 0.05) is 12.1 Å². The summed E-state index contributed by atoms with van der Waals surface area (Å²) in [5.74, 6) is -0.267. The average molecular weight is 334 g/mol. The molecule has 0 amide bonds. The molecule has 0 unspecified atom stereocenters. The van der Waals surface area contributed by atoms with E-state index in [9.17, 15) is 9.50 Å². The van der Waals surface area contributed by atoms with Crippen molar-refractivity contribution in [3.05, 3.63) is 36.3 Å². The summed E-state index contributed by atoms with van der Waals surface area (Å²) in [5.41, 5.74) is 1.41. The lowest BCUT2D eigenvalue weighted by atomic mass is 9.87. The van der Waals surface area contributed by atoms with Gasteiger partial charge in [-0.3, -0.25) is 0 Å². The number of benzene rings is 1. The second-order valence-corrected chi connectivity index (χ2v) is 6.73. The Bertz CT molecular complexity index is 789. The van der Waals surface area contributed by atoms with E-state index in [1.807, 2.05) is 6.20 Å². The fraction of sp³-hybridized carbons (Fsp3) is 0.333. The minimum atomic E-state index is -0.267. The van der Waals surface area contributed by atoms with Crippen LogP contribution in [-0.2, 0) is 4.74 Å². The van der Waals surface area contributed by atoms with Crippen LogP contribution in [-0.4, -0.2) is 46.1 Å². The van der Waals surface area contributed by atoms with Gasteiger partial charge >= 0.3 is 0 Å². The van der Waals surface area contributed by atoms with Gasteiger partial charge in [-0.05, 0) is 24.3 Å². The highest BCUT2D eigenvalue weighted by Crippen LogP contribution is 2.29. The lowest BCUT2D eigenvalue weighted by molar-refractivity contribution is -0.128. The van der Waals surface area contributed by atoms with Crippen molar-refractivity contribution in [3.8, 4) is 11.3 Å². The van der Waals surface area contributed by atoms with Crippen LogP contribution in [0.25, 0.3) is 16.2 Å². The number of fused-ring (bicyclic) bond motifs is 1. The Labute approximate surface area is 135 Å².